The van der Waals surface area contributed by atoms with Crippen molar-refractivity contribution in [2.75, 3.05) is 0 Å². The van der Waals surface area contributed by atoms with E-state index in [0.717, 1.165) is 11.8 Å². The number of carbonyl (C=O) groups is 1. The van der Waals surface area contributed by atoms with E-state index in [9.17, 15) is 19.1 Å². The maximum Gasteiger partial charge on any atom is 0.291 e. The topological polar surface area (TPSA) is 88.8 Å². The molecular formula is C25H26FNO5. The average molecular weight is 439 g/mol. The molecule has 0 aliphatic heterocycles. The van der Waals surface area contributed by atoms with Crippen molar-refractivity contribution in [2.24, 2.45) is 5.41 Å². The summed E-state index contributed by atoms with van der Waals surface area (Å²) in [6, 6.07) is 14.8. The van der Waals surface area contributed by atoms with Crippen molar-refractivity contribution in [1.82, 2.24) is 5.32 Å². The summed E-state index contributed by atoms with van der Waals surface area (Å²) in [5.41, 5.74) is 0.245. The Hall–Kier alpha value is -3.45. The van der Waals surface area contributed by atoms with E-state index in [1.54, 1.807) is 32.9 Å². The molecule has 1 heterocycles. The zero-order chi connectivity index (χ0) is 23.3. The molecule has 2 N–H and O–H groups in total. The Kier molecular flexibility index (Phi) is 7.10. The molecule has 7 heteroatoms. The first kappa shape index (κ1) is 23.2. The van der Waals surface area contributed by atoms with Crippen LogP contribution in [0.25, 0.3) is 0 Å². The van der Waals surface area contributed by atoms with Crippen molar-refractivity contribution < 1.29 is 23.4 Å². The summed E-state index contributed by atoms with van der Waals surface area (Å²) in [5.74, 6) is -1.61. The smallest absolute Gasteiger partial charge is 0.291 e. The van der Waals surface area contributed by atoms with Gasteiger partial charge in [-0.2, -0.15) is 0 Å². The van der Waals surface area contributed by atoms with Crippen molar-refractivity contribution in [3.8, 4) is 5.75 Å². The number of amides is 1. The largest absolute Gasteiger partial charge is 0.481 e. The van der Waals surface area contributed by atoms with E-state index in [-0.39, 0.29) is 36.0 Å². The molecule has 0 spiro atoms. The predicted octanol–water partition coefficient (Wildman–Crippen LogP) is 4.37. The number of benzene rings is 2. The molecule has 0 aliphatic rings. The number of hydrogen-bond acceptors (Lipinski definition) is 5. The highest BCUT2D eigenvalue weighted by atomic mass is 19.1. The second-order valence-electron chi connectivity index (χ2n) is 8.53. The van der Waals surface area contributed by atoms with E-state index in [2.05, 4.69) is 5.32 Å². The Morgan fingerprint density at radius 3 is 2.38 bits per heavy atom. The molecule has 2 aromatic carbocycles. The van der Waals surface area contributed by atoms with Gasteiger partial charge < -0.3 is 19.6 Å². The molecule has 0 bridgehead atoms. The Balaban J connectivity index is 1.90. The molecule has 0 aliphatic carbocycles. The second-order valence-corrected chi connectivity index (χ2v) is 8.53. The monoisotopic (exact) mass is 439 g/mol. The lowest BCUT2D eigenvalue weighted by atomic mass is 9.85. The highest BCUT2D eigenvalue weighted by Gasteiger charge is 2.30. The first-order valence-electron chi connectivity index (χ1n) is 10.2. The molecule has 3 aromatic rings. The van der Waals surface area contributed by atoms with Gasteiger partial charge in [-0.05, 0) is 28.7 Å². The van der Waals surface area contributed by atoms with E-state index in [4.69, 9.17) is 9.15 Å². The number of ether oxygens (including phenoxy) is 1. The molecule has 0 radical (unpaired) electrons. The van der Waals surface area contributed by atoms with Crippen LogP contribution in [0.1, 0.15) is 54.1 Å². The van der Waals surface area contributed by atoms with E-state index in [1.165, 1.54) is 12.1 Å². The second kappa shape index (κ2) is 9.78. The Morgan fingerprint density at radius 2 is 1.75 bits per heavy atom. The summed E-state index contributed by atoms with van der Waals surface area (Å²) < 4.78 is 24.3. The summed E-state index contributed by atoms with van der Waals surface area (Å²) in [6.07, 6.45) is -0.0189. The first-order chi connectivity index (χ1) is 15.2. The molecule has 6 nitrogen and oxygen atoms in total. The summed E-state index contributed by atoms with van der Waals surface area (Å²) in [7, 11) is 0. The Labute approximate surface area is 185 Å². The van der Waals surface area contributed by atoms with Crippen LogP contribution < -0.4 is 15.5 Å². The number of halogens is 1. The van der Waals surface area contributed by atoms with Gasteiger partial charge in [0.2, 0.25) is 16.9 Å². The minimum absolute atomic E-state index is 0.00986. The Bertz CT molecular complexity index is 1120. The van der Waals surface area contributed by atoms with Gasteiger partial charge in [0, 0.05) is 6.54 Å². The van der Waals surface area contributed by atoms with Gasteiger partial charge in [-0.1, -0.05) is 63.2 Å². The number of rotatable bonds is 7. The van der Waals surface area contributed by atoms with Crippen molar-refractivity contribution >= 4 is 5.91 Å². The number of hydrogen-bond donors (Lipinski definition) is 2. The van der Waals surface area contributed by atoms with E-state index in [1.807, 2.05) is 30.3 Å². The van der Waals surface area contributed by atoms with Crippen LogP contribution in [0.4, 0.5) is 4.39 Å². The van der Waals surface area contributed by atoms with Crippen molar-refractivity contribution in [1.29, 1.82) is 0 Å². The molecule has 168 valence electrons. The SMILES string of the molecule is CC(C)(C)C(O)c1coc(C(=O)NCc2ccc(F)cc2)c(OCc2ccccc2)c1=O. The van der Waals surface area contributed by atoms with Gasteiger partial charge in [-0.25, -0.2) is 4.39 Å². The molecule has 1 aromatic heterocycles. The van der Waals surface area contributed by atoms with Crippen molar-refractivity contribution in [3.05, 3.63) is 99.4 Å². The van der Waals surface area contributed by atoms with Gasteiger partial charge >= 0.3 is 0 Å². The lowest BCUT2D eigenvalue weighted by Crippen LogP contribution is -2.29. The molecular weight excluding hydrogens is 413 g/mol. The maximum absolute atomic E-state index is 13.1. The van der Waals surface area contributed by atoms with Crippen molar-refractivity contribution in [2.45, 2.75) is 40.0 Å². The minimum atomic E-state index is -1.12. The van der Waals surface area contributed by atoms with Crippen LogP contribution in [-0.2, 0) is 13.2 Å². The van der Waals surface area contributed by atoms with E-state index < -0.39 is 22.9 Å². The fourth-order valence-corrected chi connectivity index (χ4v) is 3.00. The van der Waals surface area contributed by atoms with Gasteiger partial charge in [0.05, 0.1) is 11.7 Å². The minimum Gasteiger partial charge on any atom is -0.481 e. The van der Waals surface area contributed by atoms with Gasteiger partial charge in [0.15, 0.2) is 0 Å². The standard InChI is InChI=1S/C25H26FNO5/c1-25(2,3)23(29)19-15-32-22(24(30)27-13-16-9-11-18(26)12-10-16)21(20(19)28)31-14-17-7-5-4-6-8-17/h4-12,15,23,29H,13-14H2,1-3H3,(H,27,30). The number of aliphatic hydroxyl groups is 1. The molecule has 1 atom stereocenters. The van der Waals surface area contributed by atoms with Crippen LogP contribution in [0.15, 0.2) is 70.1 Å². The van der Waals surface area contributed by atoms with E-state index >= 15 is 0 Å². The third-order valence-corrected chi connectivity index (χ3v) is 4.89. The quantitative estimate of drug-likeness (QED) is 0.571. The molecule has 3 rings (SSSR count). The fraction of sp³-hybridized carbons (Fsp3) is 0.280. The van der Waals surface area contributed by atoms with E-state index in [0.29, 0.717) is 5.56 Å². The average Bonchev–Trinajstić information content (AvgIpc) is 2.77. The number of nitrogens with one attached hydrogen (secondary N) is 1. The summed E-state index contributed by atoms with van der Waals surface area (Å²) in [5, 5.41) is 13.2. The third kappa shape index (κ3) is 5.62. The Morgan fingerprint density at radius 1 is 1.09 bits per heavy atom. The lowest BCUT2D eigenvalue weighted by Gasteiger charge is -2.25. The first-order valence-corrected chi connectivity index (χ1v) is 10.2. The zero-order valence-corrected chi connectivity index (χ0v) is 18.2. The zero-order valence-electron chi connectivity index (χ0n) is 18.2. The van der Waals surface area contributed by atoms with Crippen LogP contribution >= 0.6 is 0 Å². The maximum atomic E-state index is 13.1. The molecule has 1 unspecified atom stereocenters. The molecule has 0 saturated carbocycles. The highest BCUT2D eigenvalue weighted by Crippen LogP contribution is 2.32. The van der Waals surface area contributed by atoms with Crippen LogP contribution in [-0.4, -0.2) is 11.0 Å². The molecule has 0 saturated heterocycles. The highest BCUT2D eigenvalue weighted by molar-refractivity contribution is 5.93. The summed E-state index contributed by atoms with van der Waals surface area (Å²) in [4.78, 5) is 25.9. The van der Waals surface area contributed by atoms with Crippen LogP contribution in [0.3, 0.4) is 0 Å². The normalized spacial score (nSPS) is 12.3. The predicted molar refractivity (Wildman–Crippen MR) is 118 cm³/mol. The molecule has 32 heavy (non-hydrogen) atoms. The van der Waals surface area contributed by atoms with Crippen molar-refractivity contribution in [3.63, 3.8) is 0 Å². The molecule has 0 fully saturated rings. The number of carbonyl (C=O) groups excluding carboxylic acids is 1. The summed E-state index contributed by atoms with van der Waals surface area (Å²) >= 11 is 0. The number of aliphatic hydroxyl groups excluding tert-OH is 1. The van der Waals surface area contributed by atoms with Crippen LogP contribution in [0, 0.1) is 11.2 Å². The van der Waals surface area contributed by atoms with Gasteiger partial charge in [0.25, 0.3) is 5.91 Å². The van der Waals surface area contributed by atoms with Crippen LogP contribution in [0.2, 0.25) is 0 Å². The third-order valence-electron chi connectivity index (χ3n) is 4.89. The van der Waals surface area contributed by atoms with Gasteiger partial charge in [-0.15, -0.1) is 0 Å². The van der Waals surface area contributed by atoms with Gasteiger partial charge in [0.1, 0.15) is 18.7 Å². The fourth-order valence-electron chi connectivity index (χ4n) is 3.00. The lowest BCUT2D eigenvalue weighted by molar-refractivity contribution is 0.0589. The summed E-state index contributed by atoms with van der Waals surface area (Å²) in [6.45, 7) is 5.49. The molecule has 1 amide bonds. The van der Waals surface area contributed by atoms with Gasteiger partial charge in [-0.3, -0.25) is 9.59 Å². The van der Waals surface area contributed by atoms with Crippen LogP contribution in [0.5, 0.6) is 5.75 Å².